The molecule has 0 saturated heterocycles. The lowest BCUT2D eigenvalue weighted by Crippen LogP contribution is -2.17. The van der Waals surface area contributed by atoms with E-state index in [1.54, 1.807) is 0 Å². The van der Waals surface area contributed by atoms with E-state index in [0.717, 1.165) is 28.4 Å². The summed E-state index contributed by atoms with van der Waals surface area (Å²) in [5.41, 5.74) is 5.44. The first-order chi connectivity index (χ1) is 26.3. The summed E-state index contributed by atoms with van der Waals surface area (Å²) in [6.45, 7) is 3.65. The highest BCUT2D eigenvalue weighted by molar-refractivity contribution is 7.94. The van der Waals surface area contributed by atoms with Gasteiger partial charge in [0.25, 0.3) is 30.4 Å². The highest BCUT2D eigenvalue weighted by atomic mass is 32.3. The number of hydrogen-bond donors (Lipinski definition) is 7. The Bertz CT molecular complexity index is 3060. The zero-order chi connectivity index (χ0) is 42.3. The zero-order valence-corrected chi connectivity index (χ0v) is 32.8. The SMILES string of the molecule is C=CS(=O)(=O)CCNc1nc(NCCOS(=O)(=O)O)c(N)c(C)c1N=Nc1ccc(-n2nc3ccc4c(S(=O)(=O)O)cc(S(=O)(=O)O)cc4c3n2)cc1S(=O)(=O)O. The maximum absolute atomic E-state index is 12.6. The van der Waals surface area contributed by atoms with Crippen LogP contribution < -0.4 is 16.4 Å². The van der Waals surface area contributed by atoms with Crippen molar-refractivity contribution in [3.63, 3.8) is 0 Å². The van der Waals surface area contributed by atoms with Gasteiger partial charge in [0, 0.05) is 34.8 Å². The van der Waals surface area contributed by atoms with Gasteiger partial charge in [0.05, 0.1) is 28.6 Å². The van der Waals surface area contributed by atoms with E-state index in [0.29, 0.717) is 6.07 Å². The van der Waals surface area contributed by atoms with Crippen molar-refractivity contribution in [2.24, 2.45) is 10.2 Å². The standard InChI is InChI=1S/C28H29N9O15S5/c1-3-53(38,39)11-9-31-28-25(15(2)24(29)27(32-28)30-8-10-52-57(49,50)51)34-33-20-6-4-16(12-23(20)56(46,47)48)37-35-21-7-5-18-19(26(21)36-37)13-17(54(40,41)42)14-22(18)55(43,44)45/h3-7,12-14H,1,8-11,29H2,2H3,(H2,30,31,32)(H,40,41,42)(H,43,44,45)(H,46,47,48)(H,49,50,51). The summed E-state index contributed by atoms with van der Waals surface area (Å²) in [4.78, 5) is 2.52. The van der Waals surface area contributed by atoms with Crippen molar-refractivity contribution in [1.82, 2.24) is 20.0 Å². The van der Waals surface area contributed by atoms with Gasteiger partial charge in [-0.1, -0.05) is 12.6 Å². The predicted molar refractivity (Wildman–Crippen MR) is 202 cm³/mol. The van der Waals surface area contributed by atoms with Gasteiger partial charge in [0.2, 0.25) is 0 Å². The second-order valence-corrected chi connectivity index (χ2v) is 18.9. The van der Waals surface area contributed by atoms with Crippen LogP contribution in [0, 0.1) is 6.92 Å². The molecule has 5 aromatic rings. The van der Waals surface area contributed by atoms with E-state index >= 15 is 0 Å². The highest BCUT2D eigenvalue weighted by Gasteiger charge is 2.24. The first-order valence-electron chi connectivity index (χ1n) is 15.4. The Morgan fingerprint density at radius 2 is 1.47 bits per heavy atom. The number of nitrogens with two attached hydrogens (primary N) is 1. The largest absolute Gasteiger partial charge is 0.397 e. The van der Waals surface area contributed by atoms with E-state index < -0.39 is 83.3 Å². The second-order valence-electron chi connectivity index (χ2n) is 11.5. The van der Waals surface area contributed by atoms with Crippen LogP contribution in [0.3, 0.4) is 0 Å². The van der Waals surface area contributed by atoms with Crippen LogP contribution in [0.2, 0.25) is 0 Å². The number of fused-ring (bicyclic) bond motifs is 3. The van der Waals surface area contributed by atoms with Gasteiger partial charge >= 0.3 is 10.4 Å². The monoisotopic (exact) mass is 891 g/mol. The van der Waals surface area contributed by atoms with Crippen molar-refractivity contribution in [1.29, 1.82) is 0 Å². The van der Waals surface area contributed by atoms with Crippen LogP contribution in [-0.4, -0.2) is 106 Å². The minimum Gasteiger partial charge on any atom is -0.395 e. The lowest BCUT2D eigenvalue weighted by molar-refractivity contribution is 0.278. The molecule has 306 valence electrons. The summed E-state index contributed by atoms with van der Waals surface area (Å²) in [6.07, 6.45) is 0. The van der Waals surface area contributed by atoms with Crippen molar-refractivity contribution >= 4 is 101 Å². The molecule has 8 N–H and O–H groups in total. The summed E-state index contributed by atoms with van der Waals surface area (Å²) < 4.78 is 162. The summed E-state index contributed by atoms with van der Waals surface area (Å²) in [7, 11) is -23.6. The fourth-order valence-electron chi connectivity index (χ4n) is 5.05. The average molecular weight is 892 g/mol. The van der Waals surface area contributed by atoms with Crippen molar-refractivity contribution in [3.05, 3.63) is 60.0 Å². The molecule has 2 heterocycles. The third-order valence-corrected chi connectivity index (χ3v) is 12.1. The van der Waals surface area contributed by atoms with Gasteiger partial charge in [-0.15, -0.1) is 20.4 Å². The van der Waals surface area contributed by atoms with Crippen LogP contribution in [0.1, 0.15) is 5.56 Å². The Morgan fingerprint density at radius 3 is 2.09 bits per heavy atom. The number of hydrogen-bond acceptors (Lipinski definition) is 19. The number of nitrogen functional groups attached to an aromatic ring is 1. The quantitative estimate of drug-likeness (QED) is 0.0424. The lowest BCUT2D eigenvalue weighted by atomic mass is 10.1. The molecule has 0 atom stereocenters. The summed E-state index contributed by atoms with van der Waals surface area (Å²) >= 11 is 0. The van der Waals surface area contributed by atoms with Gasteiger partial charge in [-0.3, -0.25) is 18.2 Å². The number of aromatic nitrogens is 4. The zero-order valence-electron chi connectivity index (χ0n) is 28.7. The summed E-state index contributed by atoms with van der Waals surface area (Å²) in [5, 5.41) is 22.3. The van der Waals surface area contributed by atoms with Gasteiger partial charge in [-0.05, 0) is 43.3 Å². The first-order valence-corrected chi connectivity index (χ1v) is 22.8. The van der Waals surface area contributed by atoms with Gasteiger partial charge in [0.1, 0.15) is 32.2 Å². The summed E-state index contributed by atoms with van der Waals surface area (Å²) in [6, 6.07) is 7.10. The molecule has 0 aliphatic carbocycles. The molecule has 0 amide bonds. The molecular weight excluding hydrogens is 863 g/mol. The number of benzene rings is 3. The molecule has 24 nitrogen and oxygen atoms in total. The maximum atomic E-state index is 12.6. The molecule has 5 rings (SSSR count). The Labute approximate surface area is 323 Å². The normalized spacial score (nSPS) is 13.1. The molecule has 0 bridgehead atoms. The fraction of sp³-hybridized carbons (Fsp3) is 0.179. The van der Waals surface area contributed by atoms with E-state index in [1.165, 1.54) is 25.1 Å². The number of azo groups is 1. The molecule has 0 aliphatic rings. The summed E-state index contributed by atoms with van der Waals surface area (Å²) in [5.74, 6) is -0.646. The number of rotatable bonds is 16. The molecule has 0 fully saturated rings. The average Bonchev–Trinajstić information content (AvgIpc) is 3.55. The number of pyridine rings is 1. The predicted octanol–water partition coefficient (Wildman–Crippen LogP) is 2.22. The minimum absolute atomic E-state index is 0.0128. The first kappa shape index (κ1) is 42.9. The van der Waals surface area contributed by atoms with Gasteiger partial charge < -0.3 is 16.4 Å². The van der Waals surface area contributed by atoms with Crippen molar-refractivity contribution in [2.75, 3.05) is 41.8 Å². The van der Waals surface area contributed by atoms with Gasteiger partial charge in [-0.25, -0.2) is 17.6 Å². The van der Waals surface area contributed by atoms with Crippen molar-refractivity contribution < 1.29 is 64.5 Å². The highest BCUT2D eigenvalue weighted by Crippen LogP contribution is 2.38. The number of nitrogens with zero attached hydrogens (tertiary/aromatic N) is 6. The molecule has 0 unspecified atom stereocenters. The van der Waals surface area contributed by atoms with E-state index in [2.05, 4.69) is 46.8 Å². The smallest absolute Gasteiger partial charge is 0.395 e. The van der Waals surface area contributed by atoms with Crippen LogP contribution in [0.5, 0.6) is 0 Å². The molecule has 57 heavy (non-hydrogen) atoms. The van der Waals surface area contributed by atoms with E-state index in [4.69, 9.17) is 10.3 Å². The van der Waals surface area contributed by atoms with Crippen LogP contribution in [0.4, 0.5) is 28.7 Å². The third-order valence-electron chi connectivity index (χ3n) is 7.73. The second kappa shape index (κ2) is 15.6. The van der Waals surface area contributed by atoms with Crippen LogP contribution in [-0.2, 0) is 54.8 Å². The molecular formula is C28H29N9O15S5. The molecule has 0 aliphatic heterocycles. The van der Waals surface area contributed by atoms with Crippen molar-refractivity contribution in [3.8, 4) is 5.69 Å². The van der Waals surface area contributed by atoms with Crippen molar-refractivity contribution in [2.45, 2.75) is 21.6 Å². The Hall–Kier alpha value is -5.24. The molecule has 3 aromatic carbocycles. The Morgan fingerprint density at radius 1 is 0.807 bits per heavy atom. The molecule has 0 radical (unpaired) electrons. The number of nitrogens with one attached hydrogen (secondary N) is 2. The maximum Gasteiger partial charge on any atom is 0.397 e. The van der Waals surface area contributed by atoms with Crippen LogP contribution in [0.15, 0.2) is 79.4 Å². The number of sulfone groups is 1. The third kappa shape index (κ3) is 10.0. The van der Waals surface area contributed by atoms with E-state index in [9.17, 15) is 55.7 Å². The Balaban J connectivity index is 1.59. The molecule has 0 spiro atoms. The minimum atomic E-state index is -5.10. The van der Waals surface area contributed by atoms with Gasteiger partial charge in [0.15, 0.2) is 21.5 Å². The van der Waals surface area contributed by atoms with Gasteiger partial charge in [-0.2, -0.15) is 38.5 Å². The number of anilines is 3. The molecule has 0 saturated carbocycles. The lowest BCUT2D eigenvalue weighted by Gasteiger charge is -2.16. The molecule has 29 heteroatoms. The van der Waals surface area contributed by atoms with Crippen LogP contribution in [0.25, 0.3) is 27.5 Å². The Kier molecular flexibility index (Phi) is 11.7. The van der Waals surface area contributed by atoms with E-state index in [-0.39, 0.29) is 69.2 Å². The molecule has 2 aromatic heterocycles. The topological polar surface area (TPSA) is 379 Å². The van der Waals surface area contributed by atoms with E-state index in [1.807, 2.05) is 0 Å². The van der Waals surface area contributed by atoms with Crippen LogP contribution >= 0.6 is 0 Å². The fourth-order valence-corrected chi connectivity index (χ4v) is 7.88.